The van der Waals surface area contributed by atoms with E-state index in [4.69, 9.17) is 18.9 Å². The Hall–Kier alpha value is -2.77. The fourth-order valence-corrected chi connectivity index (χ4v) is 4.18. The number of Topliss-reactive ketones (excluding diaryl/α,β-unsaturated/α-hetero) is 1. The molecule has 2 atom stereocenters. The van der Waals surface area contributed by atoms with E-state index in [0.717, 1.165) is 11.3 Å². The minimum Gasteiger partial charge on any atom is -0.497 e. The molecule has 1 fully saturated rings. The van der Waals surface area contributed by atoms with Crippen molar-refractivity contribution in [3.63, 3.8) is 0 Å². The van der Waals surface area contributed by atoms with Crippen LogP contribution in [0.3, 0.4) is 0 Å². The quantitative estimate of drug-likeness (QED) is 0.609. The molecule has 2 aromatic rings. The molecule has 0 aromatic heterocycles. The molecule has 7 heteroatoms. The SMILES string of the molecule is COc1ccc(C2(CCO)CNC(C(=O)c3cc(OC)c(OC)c(OC)c3)C2)cc1. The number of nitrogens with one attached hydrogen (secondary N) is 1. The predicted octanol–water partition coefficient (Wildman–Crippen LogP) is 2.59. The average molecular weight is 415 g/mol. The van der Waals surface area contributed by atoms with Crippen LogP contribution in [-0.2, 0) is 5.41 Å². The molecule has 2 aromatic carbocycles. The lowest BCUT2D eigenvalue weighted by atomic mass is 9.75. The van der Waals surface area contributed by atoms with Crippen LogP contribution in [0.1, 0.15) is 28.8 Å². The van der Waals surface area contributed by atoms with Crippen molar-refractivity contribution in [2.45, 2.75) is 24.3 Å². The molecule has 0 saturated carbocycles. The molecule has 0 bridgehead atoms. The Labute approximate surface area is 176 Å². The number of ketones is 1. The molecule has 1 aliphatic heterocycles. The molecule has 0 radical (unpaired) electrons. The number of benzene rings is 2. The van der Waals surface area contributed by atoms with Gasteiger partial charge >= 0.3 is 0 Å². The van der Waals surface area contributed by atoms with Crippen LogP contribution >= 0.6 is 0 Å². The van der Waals surface area contributed by atoms with E-state index in [2.05, 4.69) is 5.32 Å². The van der Waals surface area contributed by atoms with Gasteiger partial charge < -0.3 is 29.4 Å². The van der Waals surface area contributed by atoms with Gasteiger partial charge in [-0.25, -0.2) is 0 Å². The molecule has 0 spiro atoms. The van der Waals surface area contributed by atoms with E-state index in [-0.39, 0.29) is 23.8 Å². The Morgan fingerprint density at radius 1 is 1.03 bits per heavy atom. The summed E-state index contributed by atoms with van der Waals surface area (Å²) in [6.07, 6.45) is 1.14. The number of methoxy groups -OCH3 is 4. The van der Waals surface area contributed by atoms with Crippen molar-refractivity contribution in [3.8, 4) is 23.0 Å². The van der Waals surface area contributed by atoms with Gasteiger partial charge in [0.25, 0.3) is 0 Å². The predicted molar refractivity (Wildman–Crippen MR) is 113 cm³/mol. The largest absolute Gasteiger partial charge is 0.497 e. The third kappa shape index (κ3) is 4.08. The zero-order valence-corrected chi connectivity index (χ0v) is 17.9. The van der Waals surface area contributed by atoms with E-state index in [0.29, 0.717) is 42.2 Å². The average Bonchev–Trinajstić information content (AvgIpc) is 3.23. The van der Waals surface area contributed by atoms with Gasteiger partial charge in [-0.05, 0) is 42.7 Å². The zero-order valence-electron chi connectivity index (χ0n) is 17.9. The van der Waals surface area contributed by atoms with Gasteiger partial charge in [-0.15, -0.1) is 0 Å². The number of hydrogen-bond donors (Lipinski definition) is 2. The molecule has 0 aliphatic carbocycles. The van der Waals surface area contributed by atoms with Crippen LogP contribution < -0.4 is 24.3 Å². The lowest BCUT2D eigenvalue weighted by Gasteiger charge is -2.28. The highest BCUT2D eigenvalue weighted by atomic mass is 16.5. The summed E-state index contributed by atoms with van der Waals surface area (Å²) >= 11 is 0. The van der Waals surface area contributed by atoms with Gasteiger partial charge in [0.05, 0.1) is 34.5 Å². The number of carbonyl (C=O) groups excluding carboxylic acids is 1. The lowest BCUT2D eigenvalue weighted by Crippen LogP contribution is -2.31. The topological polar surface area (TPSA) is 86.3 Å². The highest BCUT2D eigenvalue weighted by Gasteiger charge is 2.43. The van der Waals surface area contributed by atoms with Gasteiger partial charge in [-0.1, -0.05) is 12.1 Å². The molecule has 7 nitrogen and oxygen atoms in total. The molecular weight excluding hydrogens is 386 g/mol. The van der Waals surface area contributed by atoms with Crippen molar-refractivity contribution in [1.82, 2.24) is 5.32 Å². The van der Waals surface area contributed by atoms with Crippen molar-refractivity contribution in [2.75, 3.05) is 41.6 Å². The molecule has 162 valence electrons. The maximum atomic E-state index is 13.3. The first-order chi connectivity index (χ1) is 14.5. The third-order valence-corrected chi connectivity index (χ3v) is 5.84. The summed E-state index contributed by atoms with van der Waals surface area (Å²) in [5.41, 5.74) is 1.23. The first-order valence-corrected chi connectivity index (χ1v) is 9.85. The summed E-state index contributed by atoms with van der Waals surface area (Å²) in [5.74, 6) is 2.05. The first-order valence-electron chi connectivity index (χ1n) is 9.85. The monoisotopic (exact) mass is 415 g/mol. The minimum atomic E-state index is -0.388. The number of aliphatic hydroxyl groups is 1. The van der Waals surface area contributed by atoms with Crippen LogP contribution in [-0.4, -0.2) is 58.5 Å². The van der Waals surface area contributed by atoms with Crippen LogP contribution in [0, 0.1) is 0 Å². The van der Waals surface area contributed by atoms with Gasteiger partial charge in [0.15, 0.2) is 17.3 Å². The van der Waals surface area contributed by atoms with E-state index < -0.39 is 0 Å². The molecular formula is C23H29NO6. The molecule has 1 saturated heterocycles. The molecule has 2 unspecified atom stereocenters. The molecule has 0 amide bonds. The van der Waals surface area contributed by atoms with Gasteiger partial charge in [0.1, 0.15) is 5.75 Å². The van der Waals surface area contributed by atoms with Crippen LogP contribution in [0.5, 0.6) is 23.0 Å². The Bertz CT molecular complexity index is 857. The van der Waals surface area contributed by atoms with Crippen molar-refractivity contribution < 1.29 is 28.8 Å². The van der Waals surface area contributed by atoms with Crippen molar-refractivity contribution in [3.05, 3.63) is 47.5 Å². The molecule has 30 heavy (non-hydrogen) atoms. The van der Waals surface area contributed by atoms with E-state index in [9.17, 15) is 9.90 Å². The number of aliphatic hydroxyl groups excluding tert-OH is 1. The second-order valence-electron chi connectivity index (χ2n) is 7.40. The maximum Gasteiger partial charge on any atom is 0.203 e. The Kier molecular flexibility index (Phi) is 6.84. The van der Waals surface area contributed by atoms with Gasteiger partial charge in [0.2, 0.25) is 5.75 Å². The van der Waals surface area contributed by atoms with Crippen LogP contribution in [0.15, 0.2) is 36.4 Å². The van der Waals surface area contributed by atoms with Crippen LogP contribution in [0.2, 0.25) is 0 Å². The van der Waals surface area contributed by atoms with Crippen molar-refractivity contribution >= 4 is 5.78 Å². The fraction of sp³-hybridized carbons (Fsp3) is 0.435. The summed E-state index contributed by atoms with van der Waals surface area (Å²) in [7, 11) is 6.20. The zero-order chi connectivity index (χ0) is 21.7. The maximum absolute atomic E-state index is 13.3. The van der Waals surface area contributed by atoms with E-state index in [1.165, 1.54) is 21.3 Å². The highest BCUT2D eigenvalue weighted by molar-refractivity contribution is 6.01. The summed E-state index contributed by atoms with van der Waals surface area (Å²) in [6, 6.07) is 10.8. The smallest absolute Gasteiger partial charge is 0.203 e. The first kappa shape index (κ1) is 21.9. The van der Waals surface area contributed by atoms with Gasteiger partial charge in [-0.2, -0.15) is 0 Å². The lowest BCUT2D eigenvalue weighted by molar-refractivity contribution is 0.0947. The molecule has 1 aliphatic rings. The van der Waals surface area contributed by atoms with E-state index in [1.54, 1.807) is 19.2 Å². The minimum absolute atomic E-state index is 0.0405. The fourth-order valence-electron chi connectivity index (χ4n) is 4.18. The summed E-state index contributed by atoms with van der Waals surface area (Å²) in [6.45, 7) is 0.638. The van der Waals surface area contributed by atoms with Crippen molar-refractivity contribution in [1.29, 1.82) is 0 Å². The summed E-state index contributed by atoms with van der Waals surface area (Å²) < 4.78 is 21.4. The van der Waals surface area contributed by atoms with Crippen LogP contribution in [0.4, 0.5) is 0 Å². The van der Waals surface area contributed by atoms with Crippen molar-refractivity contribution in [2.24, 2.45) is 0 Å². The molecule has 2 N–H and O–H groups in total. The van der Waals surface area contributed by atoms with E-state index in [1.807, 2.05) is 24.3 Å². The van der Waals surface area contributed by atoms with Gasteiger partial charge in [-0.3, -0.25) is 4.79 Å². The normalized spacial score (nSPS) is 20.6. The van der Waals surface area contributed by atoms with Crippen LogP contribution in [0.25, 0.3) is 0 Å². The standard InChI is InChI=1S/C23H29NO6/c1-27-17-7-5-16(6-8-17)23(9-10-25)13-18(24-14-23)21(26)15-11-19(28-2)22(30-4)20(12-15)29-3/h5-8,11-12,18,24-25H,9-10,13-14H2,1-4H3. The molecule has 1 heterocycles. The second kappa shape index (κ2) is 9.36. The number of hydrogen-bond acceptors (Lipinski definition) is 7. The number of carbonyl (C=O) groups is 1. The van der Waals surface area contributed by atoms with Gasteiger partial charge in [0, 0.05) is 24.1 Å². The Morgan fingerprint density at radius 2 is 1.67 bits per heavy atom. The molecule has 3 rings (SSSR count). The Morgan fingerprint density at radius 3 is 2.17 bits per heavy atom. The highest BCUT2D eigenvalue weighted by Crippen LogP contribution is 2.41. The second-order valence-corrected chi connectivity index (χ2v) is 7.40. The third-order valence-electron chi connectivity index (χ3n) is 5.84. The number of rotatable bonds is 9. The Balaban J connectivity index is 1.89. The summed E-state index contributed by atoms with van der Waals surface area (Å²) in [5, 5.41) is 13.1. The summed E-state index contributed by atoms with van der Waals surface area (Å²) in [4.78, 5) is 13.3. The number of ether oxygens (including phenoxy) is 4. The van der Waals surface area contributed by atoms with E-state index >= 15 is 0 Å².